The van der Waals surface area contributed by atoms with Gasteiger partial charge in [0, 0.05) is 67.3 Å². The largest absolute Gasteiger partial charge is 0.465 e. The predicted molar refractivity (Wildman–Crippen MR) is 161 cm³/mol. The van der Waals surface area contributed by atoms with E-state index < -0.39 is 5.97 Å². The molecule has 7 heteroatoms. The molecule has 1 fully saturated rings. The van der Waals surface area contributed by atoms with E-state index in [1.165, 1.54) is 23.8 Å². The molecule has 0 aliphatic carbocycles. The van der Waals surface area contributed by atoms with E-state index in [1.807, 2.05) is 54.7 Å². The molecule has 0 atom stereocenters. The predicted octanol–water partition coefficient (Wildman–Crippen LogP) is 7.39. The van der Waals surface area contributed by atoms with Gasteiger partial charge in [-0.1, -0.05) is 48.0 Å². The minimum Gasteiger partial charge on any atom is -0.465 e. The van der Waals surface area contributed by atoms with Gasteiger partial charge in [0.15, 0.2) is 0 Å². The Morgan fingerprint density at radius 2 is 1.70 bits per heavy atom. The van der Waals surface area contributed by atoms with Gasteiger partial charge >= 0.3 is 5.97 Å². The number of nitrogens with one attached hydrogen (secondary N) is 1. The molecule has 1 N–H and O–H groups in total. The van der Waals surface area contributed by atoms with Crippen molar-refractivity contribution in [3.8, 4) is 22.6 Å². The zero-order valence-corrected chi connectivity index (χ0v) is 23.0. The highest BCUT2D eigenvalue weighted by Crippen LogP contribution is 2.33. The number of fused-ring (bicyclic) bond motifs is 1. The monoisotopic (exact) mass is 551 g/mol. The first-order chi connectivity index (χ1) is 19.6. The molecule has 1 aromatic heterocycles. The molecule has 6 rings (SSSR count). The lowest BCUT2D eigenvalue weighted by molar-refractivity contribution is 0.0598. The number of aromatic nitrogens is 1. The second kappa shape index (κ2) is 11.5. The Bertz CT molecular complexity index is 1640. The van der Waals surface area contributed by atoms with E-state index in [9.17, 15) is 4.79 Å². The molecule has 202 valence electrons. The average Bonchev–Trinajstić information content (AvgIpc) is 3.46. The SMILES string of the molecule is COC(=O)c1ccc(N2CCN(Cc3ccccc3-c3ccc(Cl)cc3)CC2)cc1Oc1ccc2cc[nH]c2c1. The molecule has 0 spiro atoms. The molecular weight excluding hydrogens is 522 g/mol. The molecule has 2 heterocycles. The standard InChI is InChI=1S/C33H30ClN3O3/c1-39-33(38)30-13-11-27(20-32(30)40-28-12-8-24-14-15-35-31(24)21-28)37-18-16-36(17-19-37)22-25-4-2-3-5-29(25)23-6-9-26(34)10-7-23/h2-15,20-21,35H,16-19,22H2,1H3. The smallest absolute Gasteiger partial charge is 0.341 e. The molecular formula is C33H30ClN3O3. The zero-order chi connectivity index (χ0) is 27.5. The number of H-pyrrole nitrogens is 1. The van der Waals surface area contributed by atoms with Crippen LogP contribution in [0.4, 0.5) is 5.69 Å². The second-order valence-electron chi connectivity index (χ2n) is 9.93. The van der Waals surface area contributed by atoms with Crippen LogP contribution in [0.2, 0.25) is 5.02 Å². The number of carbonyl (C=O) groups excluding carboxylic acids is 1. The van der Waals surface area contributed by atoms with Crippen molar-refractivity contribution in [2.45, 2.75) is 6.54 Å². The Morgan fingerprint density at radius 1 is 0.900 bits per heavy atom. The molecule has 0 unspecified atom stereocenters. The summed E-state index contributed by atoms with van der Waals surface area (Å²) in [6.07, 6.45) is 1.89. The molecule has 1 saturated heterocycles. The van der Waals surface area contributed by atoms with E-state index in [2.05, 4.69) is 51.2 Å². The van der Waals surface area contributed by atoms with Crippen LogP contribution in [-0.2, 0) is 11.3 Å². The van der Waals surface area contributed by atoms with Gasteiger partial charge in [0.05, 0.1) is 7.11 Å². The first kappa shape index (κ1) is 26.0. The van der Waals surface area contributed by atoms with Crippen molar-refractivity contribution in [2.24, 2.45) is 0 Å². The van der Waals surface area contributed by atoms with Crippen LogP contribution in [-0.4, -0.2) is 49.1 Å². The Kier molecular flexibility index (Phi) is 7.45. The number of nitrogens with zero attached hydrogens (tertiary/aromatic N) is 2. The van der Waals surface area contributed by atoms with Crippen LogP contribution in [0.3, 0.4) is 0 Å². The first-order valence-electron chi connectivity index (χ1n) is 13.4. The molecule has 0 bridgehead atoms. The normalized spacial score (nSPS) is 13.9. The fourth-order valence-electron chi connectivity index (χ4n) is 5.26. The van der Waals surface area contributed by atoms with Gasteiger partial charge < -0.3 is 19.4 Å². The van der Waals surface area contributed by atoms with E-state index in [0.717, 1.165) is 54.3 Å². The van der Waals surface area contributed by atoms with Gasteiger partial charge in [-0.05, 0) is 64.5 Å². The zero-order valence-electron chi connectivity index (χ0n) is 22.3. The number of benzene rings is 4. The average molecular weight is 552 g/mol. The summed E-state index contributed by atoms with van der Waals surface area (Å²) in [7, 11) is 1.38. The van der Waals surface area contributed by atoms with E-state index in [0.29, 0.717) is 17.1 Å². The number of esters is 1. The Labute approximate surface area is 238 Å². The molecule has 1 aliphatic heterocycles. The first-order valence-corrected chi connectivity index (χ1v) is 13.7. The number of aromatic amines is 1. The maximum atomic E-state index is 12.5. The van der Waals surface area contributed by atoms with Gasteiger partial charge in [-0.2, -0.15) is 0 Å². The number of hydrogen-bond acceptors (Lipinski definition) is 5. The van der Waals surface area contributed by atoms with E-state index in [-0.39, 0.29) is 0 Å². The van der Waals surface area contributed by atoms with E-state index >= 15 is 0 Å². The number of halogens is 1. The quantitative estimate of drug-likeness (QED) is 0.214. The summed E-state index contributed by atoms with van der Waals surface area (Å²) >= 11 is 6.11. The van der Waals surface area contributed by atoms with Gasteiger partial charge in [0.2, 0.25) is 0 Å². The molecule has 1 aliphatic rings. The van der Waals surface area contributed by atoms with Gasteiger partial charge in [-0.25, -0.2) is 4.79 Å². The summed E-state index contributed by atoms with van der Waals surface area (Å²) in [5.74, 6) is 0.711. The number of anilines is 1. The number of carbonyl (C=O) groups is 1. The van der Waals surface area contributed by atoms with Crippen LogP contribution < -0.4 is 9.64 Å². The van der Waals surface area contributed by atoms with Crippen molar-refractivity contribution in [3.63, 3.8) is 0 Å². The van der Waals surface area contributed by atoms with Crippen LogP contribution in [0.25, 0.3) is 22.0 Å². The number of methoxy groups -OCH3 is 1. The van der Waals surface area contributed by atoms with Crippen LogP contribution in [0.1, 0.15) is 15.9 Å². The Morgan fingerprint density at radius 3 is 2.50 bits per heavy atom. The second-order valence-corrected chi connectivity index (χ2v) is 10.4. The maximum absolute atomic E-state index is 12.5. The molecule has 0 radical (unpaired) electrons. The molecule has 4 aromatic carbocycles. The Hall–Kier alpha value is -4.26. The highest BCUT2D eigenvalue weighted by atomic mass is 35.5. The van der Waals surface area contributed by atoms with Crippen molar-refractivity contribution in [3.05, 3.63) is 113 Å². The summed E-state index contributed by atoms with van der Waals surface area (Å²) in [5, 5.41) is 1.84. The number of piperazine rings is 1. The van der Waals surface area contributed by atoms with Crippen LogP contribution in [0, 0.1) is 0 Å². The lowest BCUT2D eigenvalue weighted by Crippen LogP contribution is -2.46. The summed E-state index contributed by atoms with van der Waals surface area (Å²) < 4.78 is 11.3. The van der Waals surface area contributed by atoms with Gasteiger partial charge in [-0.3, -0.25) is 4.90 Å². The third-order valence-electron chi connectivity index (χ3n) is 7.43. The topological polar surface area (TPSA) is 57.8 Å². The van der Waals surface area contributed by atoms with Crippen LogP contribution in [0.15, 0.2) is 97.2 Å². The maximum Gasteiger partial charge on any atom is 0.341 e. The van der Waals surface area contributed by atoms with Crippen molar-refractivity contribution in [1.29, 1.82) is 0 Å². The van der Waals surface area contributed by atoms with Gasteiger partial charge in [-0.15, -0.1) is 0 Å². The van der Waals surface area contributed by atoms with Crippen molar-refractivity contribution in [1.82, 2.24) is 9.88 Å². The lowest BCUT2D eigenvalue weighted by atomic mass is 9.99. The van der Waals surface area contributed by atoms with Crippen molar-refractivity contribution < 1.29 is 14.3 Å². The van der Waals surface area contributed by atoms with Crippen LogP contribution in [0.5, 0.6) is 11.5 Å². The number of hydrogen-bond donors (Lipinski definition) is 1. The summed E-state index contributed by atoms with van der Waals surface area (Å²) in [5.41, 5.74) is 6.10. The number of ether oxygens (including phenoxy) is 2. The summed E-state index contributed by atoms with van der Waals surface area (Å²) in [6, 6.07) is 30.1. The highest BCUT2D eigenvalue weighted by molar-refractivity contribution is 6.30. The lowest BCUT2D eigenvalue weighted by Gasteiger charge is -2.36. The fourth-order valence-corrected chi connectivity index (χ4v) is 5.39. The van der Waals surface area contributed by atoms with Gasteiger partial charge in [0.1, 0.15) is 17.1 Å². The van der Waals surface area contributed by atoms with E-state index in [1.54, 1.807) is 6.07 Å². The highest BCUT2D eigenvalue weighted by Gasteiger charge is 2.21. The minimum atomic E-state index is -0.424. The van der Waals surface area contributed by atoms with Gasteiger partial charge in [0.25, 0.3) is 0 Å². The minimum absolute atomic E-state index is 0.398. The van der Waals surface area contributed by atoms with Crippen LogP contribution >= 0.6 is 11.6 Å². The molecule has 0 saturated carbocycles. The summed E-state index contributed by atoms with van der Waals surface area (Å²) in [6.45, 7) is 4.47. The third-order valence-corrected chi connectivity index (χ3v) is 7.68. The molecule has 5 aromatic rings. The molecule has 0 amide bonds. The number of rotatable bonds is 7. The van der Waals surface area contributed by atoms with Crippen molar-refractivity contribution in [2.75, 3.05) is 38.2 Å². The molecule has 6 nitrogen and oxygen atoms in total. The fraction of sp³-hybridized carbons (Fsp3) is 0.182. The van der Waals surface area contributed by atoms with E-state index in [4.69, 9.17) is 21.1 Å². The third kappa shape index (κ3) is 5.55. The molecule has 40 heavy (non-hydrogen) atoms. The van der Waals surface area contributed by atoms with Crippen molar-refractivity contribution >= 4 is 34.2 Å². The summed E-state index contributed by atoms with van der Waals surface area (Å²) in [4.78, 5) is 20.5. The Balaban J connectivity index is 1.17.